The fraction of sp³-hybridized carbons (Fsp3) is 0. The van der Waals surface area contributed by atoms with Gasteiger partial charge >= 0.3 is 0 Å². The van der Waals surface area contributed by atoms with E-state index in [0.717, 1.165) is 22.3 Å². The third-order valence-electron chi connectivity index (χ3n) is 2.60. The first kappa shape index (κ1) is 7.51. The molecule has 0 bridgehead atoms. The maximum Gasteiger partial charge on any atom is 0.187 e. The van der Waals surface area contributed by atoms with E-state index in [1.54, 1.807) is 6.08 Å². The van der Waals surface area contributed by atoms with Crippen molar-refractivity contribution in [3.8, 4) is 11.1 Å². The molecule has 0 fully saturated rings. The van der Waals surface area contributed by atoms with Gasteiger partial charge in [0.2, 0.25) is 0 Å². The van der Waals surface area contributed by atoms with Crippen LogP contribution in [0, 0.1) is 0 Å². The lowest BCUT2D eigenvalue weighted by Crippen LogP contribution is -1.89. The molecule has 0 amide bonds. The van der Waals surface area contributed by atoms with Crippen LogP contribution in [0.3, 0.4) is 0 Å². The molecule has 0 aromatic carbocycles. The van der Waals surface area contributed by atoms with Crippen LogP contribution in [-0.4, -0.2) is 5.78 Å². The Morgan fingerprint density at radius 1 is 0.929 bits per heavy atom. The van der Waals surface area contributed by atoms with Crippen LogP contribution in [0.4, 0.5) is 0 Å². The lowest BCUT2D eigenvalue weighted by Gasteiger charge is -1.94. The molecule has 0 aromatic heterocycles. The Morgan fingerprint density at radius 3 is 2.71 bits per heavy atom. The Hall–Kier alpha value is -1.89. The molecule has 0 N–H and O–H groups in total. The van der Waals surface area contributed by atoms with Crippen LogP contribution in [0.1, 0.15) is 15.9 Å². The number of rotatable bonds is 0. The van der Waals surface area contributed by atoms with Gasteiger partial charge in [-0.3, -0.25) is 4.79 Å². The second-order valence-electron chi connectivity index (χ2n) is 3.45. The monoisotopic (exact) mass is 180 g/mol. The van der Waals surface area contributed by atoms with Gasteiger partial charge in [0.15, 0.2) is 5.78 Å². The van der Waals surface area contributed by atoms with E-state index in [0.29, 0.717) is 0 Å². The summed E-state index contributed by atoms with van der Waals surface area (Å²) in [6, 6.07) is 12.0. The first-order valence-electron chi connectivity index (χ1n) is 4.60. The molecular formula is C13H8O. The SMILES string of the molecule is O=C1C=Cc2cc3cccccc-3c21. The lowest BCUT2D eigenvalue weighted by molar-refractivity contribution is 0.105. The van der Waals surface area contributed by atoms with Crippen molar-refractivity contribution in [3.05, 3.63) is 53.6 Å². The van der Waals surface area contributed by atoms with Gasteiger partial charge in [0.1, 0.15) is 0 Å². The van der Waals surface area contributed by atoms with Crippen molar-refractivity contribution in [2.45, 2.75) is 0 Å². The van der Waals surface area contributed by atoms with Gasteiger partial charge in [-0.1, -0.05) is 36.4 Å². The van der Waals surface area contributed by atoms with E-state index in [1.165, 1.54) is 0 Å². The Kier molecular flexibility index (Phi) is 1.37. The topological polar surface area (TPSA) is 17.1 Å². The maximum absolute atomic E-state index is 11.6. The molecule has 1 nitrogen and oxygen atoms in total. The predicted octanol–water partition coefficient (Wildman–Crippen LogP) is 3.00. The summed E-state index contributed by atoms with van der Waals surface area (Å²) in [5.74, 6) is 0.126. The van der Waals surface area contributed by atoms with Crippen molar-refractivity contribution in [3.63, 3.8) is 0 Å². The van der Waals surface area contributed by atoms with Gasteiger partial charge < -0.3 is 0 Å². The third kappa shape index (κ3) is 0.867. The van der Waals surface area contributed by atoms with E-state index < -0.39 is 0 Å². The van der Waals surface area contributed by atoms with Crippen LogP contribution >= 0.6 is 0 Å². The van der Waals surface area contributed by atoms with E-state index in [-0.39, 0.29) is 5.78 Å². The highest BCUT2D eigenvalue weighted by molar-refractivity contribution is 6.18. The molecule has 1 heteroatoms. The van der Waals surface area contributed by atoms with Crippen LogP contribution in [0.2, 0.25) is 0 Å². The highest BCUT2D eigenvalue weighted by atomic mass is 16.1. The number of fused-ring (bicyclic) bond motifs is 3. The standard InChI is InChI=1S/C13H8O/c14-12-7-6-10-8-9-4-2-1-3-5-11(9)13(10)12/h1-8H. The van der Waals surface area contributed by atoms with Gasteiger partial charge in [-0.2, -0.15) is 0 Å². The molecule has 0 saturated heterocycles. The molecule has 3 aliphatic carbocycles. The van der Waals surface area contributed by atoms with E-state index in [1.807, 2.05) is 36.4 Å². The third-order valence-corrected chi connectivity index (χ3v) is 2.60. The summed E-state index contributed by atoms with van der Waals surface area (Å²) in [6.07, 6.45) is 3.52. The van der Waals surface area contributed by atoms with Crippen LogP contribution in [0.25, 0.3) is 17.2 Å². The van der Waals surface area contributed by atoms with E-state index in [9.17, 15) is 4.79 Å². The number of carbonyl (C=O) groups is 1. The fourth-order valence-electron chi connectivity index (χ4n) is 1.97. The zero-order chi connectivity index (χ0) is 9.54. The minimum absolute atomic E-state index is 0.126. The molecule has 0 unspecified atom stereocenters. The highest BCUT2D eigenvalue weighted by Crippen LogP contribution is 2.35. The Morgan fingerprint density at radius 2 is 1.79 bits per heavy atom. The number of hydrogen-bond donors (Lipinski definition) is 0. The molecule has 0 aromatic rings. The van der Waals surface area contributed by atoms with Crippen molar-refractivity contribution in [2.24, 2.45) is 0 Å². The van der Waals surface area contributed by atoms with E-state index >= 15 is 0 Å². The van der Waals surface area contributed by atoms with E-state index in [4.69, 9.17) is 0 Å². The average molecular weight is 180 g/mol. The molecule has 0 aliphatic heterocycles. The molecule has 0 spiro atoms. The van der Waals surface area contributed by atoms with Crippen molar-refractivity contribution in [2.75, 3.05) is 0 Å². The summed E-state index contributed by atoms with van der Waals surface area (Å²) in [6.45, 7) is 0. The van der Waals surface area contributed by atoms with Crippen LogP contribution in [0.5, 0.6) is 0 Å². The van der Waals surface area contributed by atoms with Crippen LogP contribution in [-0.2, 0) is 0 Å². The smallest absolute Gasteiger partial charge is 0.187 e. The van der Waals surface area contributed by atoms with Crippen LogP contribution in [0.15, 0.2) is 42.5 Å². The van der Waals surface area contributed by atoms with Gasteiger partial charge in [-0.15, -0.1) is 0 Å². The maximum atomic E-state index is 11.6. The summed E-state index contributed by atoms with van der Waals surface area (Å²) in [5, 5.41) is 0. The molecular weight excluding hydrogens is 172 g/mol. The molecule has 0 heterocycles. The summed E-state index contributed by atoms with van der Waals surface area (Å²) >= 11 is 0. The van der Waals surface area contributed by atoms with Crippen molar-refractivity contribution >= 4 is 11.9 Å². The second kappa shape index (κ2) is 2.55. The number of allylic oxidation sites excluding steroid dienone is 1. The van der Waals surface area contributed by atoms with Gasteiger partial charge in [0.05, 0.1) is 0 Å². The Bertz CT molecular complexity index is 523. The number of carbonyl (C=O) groups excluding carboxylic acids is 1. The lowest BCUT2D eigenvalue weighted by atomic mass is 10.1. The highest BCUT2D eigenvalue weighted by Gasteiger charge is 2.21. The largest absolute Gasteiger partial charge is 0.289 e. The van der Waals surface area contributed by atoms with Crippen molar-refractivity contribution < 1.29 is 4.79 Å². The Labute approximate surface area is 82.0 Å². The molecule has 3 rings (SSSR count). The summed E-state index contributed by atoms with van der Waals surface area (Å²) in [4.78, 5) is 11.6. The first-order valence-corrected chi connectivity index (χ1v) is 4.60. The molecule has 3 aliphatic rings. The first-order chi connectivity index (χ1) is 6.86. The predicted molar refractivity (Wildman–Crippen MR) is 56.4 cm³/mol. The quantitative estimate of drug-likeness (QED) is 0.609. The molecule has 0 radical (unpaired) electrons. The van der Waals surface area contributed by atoms with E-state index in [2.05, 4.69) is 6.07 Å². The van der Waals surface area contributed by atoms with Gasteiger partial charge in [0.25, 0.3) is 0 Å². The zero-order valence-corrected chi connectivity index (χ0v) is 7.53. The Balaban J connectivity index is 2.41. The summed E-state index contributed by atoms with van der Waals surface area (Å²) in [7, 11) is 0. The van der Waals surface area contributed by atoms with Gasteiger partial charge in [-0.25, -0.2) is 0 Å². The van der Waals surface area contributed by atoms with Crippen molar-refractivity contribution in [1.82, 2.24) is 0 Å². The number of hydrogen-bond acceptors (Lipinski definition) is 1. The van der Waals surface area contributed by atoms with Crippen LogP contribution < -0.4 is 0 Å². The minimum Gasteiger partial charge on any atom is -0.289 e. The molecule has 66 valence electrons. The van der Waals surface area contributed by atoms with Gasteiger partial charge in [-0.05, 0) is 28.8 Å². The number of ketones is 1. The normalized spacial score (nSPS) is 13.6. The summed E-state index contributed by atoms with van der Waals surface area (Å²) < 4.78 is 0. The molecule has 0 atom stereocenters. The average Bonchev–Trinajstić information content (AvgIpc) is 2.61. The van der Waals surface area contributed by atoms with Gasteiger partial charge in [0, 0.05) is 5.56 Å². The minimum atomic E-state index is 0.126. The fourth-order valence-corrected chi connectivity index (χ4v) is 1.97. The molecule has 0 saturated carbocycles. The second-order valence-corrected chi connectivity index (χ2v) is 3.45. The van der Waals surface area contributed by atoms with Crippen molar-refractivity contribution in [1.29, 1.82) is 0 Å². The summed E-state index contributed by atoms with van der Waals surface area (Å²) in [5.41, 5.74) is 4.10. The zero-order valence-electron chi connectivity index (χ0n) is 7.53. The molecule has 14 heavy (non-hydrogen) atoms.